The average Bonchev–Trinajstić information content (AvgIpc) is 2.75. The summed E-state index contributed by atoms with van der Waals surface area (Å²) in [5.41, 5.74) is 3.04. The topological polar surface area (TPSA) is 15.3 Å². The first kappa shape index (κ1) is 14.5. The fourth-order valence-corrected chi connectivity index (χ4v) is 3.41. The van der Waals surface area contributed by atoms with Crippen LogP contribution in [-0.2, 0) is 6.42 Å². The largest absolute Gasteiger partial charge is 0.309 e. The highest BCUT2D eigenvalue weighted by Crippen LogP contribution is 2.35. The van der Waals surface area contributed by atoms with E-state index in [1.54, 1.807) is 0 Å². The molecule has 0 bridgehead atoms. The molecule has 1 N–H and O–H groups in total. The smallest absolute Gasteiger partial charge is 0.0484 e. The van der Waals surface area contributed by atoms with E-state index in [0.717, 1.165) is 6.54 Å². The van der Waals surface area contributed by atoms with Crippen molar-refractivity contribution in [1.29, 1.82) is 0 Å². The molecule has 0 fully saturated rings. The molecule has 0 saturated carbocycles. The molecule has 0 spiro atoms. The Bertz CT molecular complexity index is 400. The highest BCUT2D eigenvalue weighted by Gasteiger charge is 2.36. The number of hydrogen-bond acceptors (Lipinski definition) is 2. The van der Waals surface area contributed by atoms with Gasteiger partial charge in [0.15, 0.2) is 0 Å². The molecule has 0 aromatic heterocycles. The first-order chi connectivity index (χ1) is 9.19. The van der Waals surface area contributed by atoms with E-state index in [1.807, 2.05) is 0 Å². The van der Waals surface area contributed by atoms with Gasteiger partial charge in [-0.05, 0) is 50.9 Å². The Morgan fingerprint density at radius 1 is 1.26 bits per heavy atom. The number of nitrogens with one attached hydrogen (secondary N) is 1. The van der Waals surface area contributed by atoms with Crippen LogP contribution in [0.1, 0.15) is 51.3 Å². The van der Waals surface area contributed by atoms with Gasteiger partial charge in [0, 0.05) is 18.1 Å². The minimum Gasteiger partial charge on any atom is -0.309 e. The second kappa shape index (κ2) is 6.53. The van der Waals surface area contributed by atoms with Gasteiger partial charge in [-0.1, -0.05) is 38.1 Å². The molecule has 2 unspecified atom stereocenters. The summed E-state index contributed by atoms with van der Waals surface area (Å²) in [6, 6.07) is 10.7. The van der Waals surface area contributed by atoms with Gasteiger partial charge in [0.1, 0.15) is 0 Å². The van der Waals surface area contributed by atoms with Crippen molar-refractivity contribution in [1.82, 2.24) is 10.2 Å². The molecule has 1 aromatic carbocycles. The van der Waals surface area contributed by atoms with Gasteiger partial charge in [-0.15, -0.1) is 0 Å². The Morgan fingerprint density at radius 3 is 2.63 bits per heavy atom. The van der Waals surface area contributed by atoms with Gasteiger partial charge in [-0.25, -0.2) is 0 Å². The molecule has 0 aliphatic heterocycles. The number of fused-ring (bicyclic) bond motifs is 1. The molecule has 1 aromatic rings. The minimum atomic E-state index is 0.496. The monoisotopic (exact) mass is 260 g/mol. The minimum absolute atomic E-state index is 0.496. The molecule has 0 saturated heterocycles. The van der Waals surface area contributed by atoms with Gasteiger partial charge in [0.2, 0.25) is 0 Å². The van der Waals surface area contributed by atoms with Crippen LogP contribution >= 0.6 is 0 Å². The fourth-order valence-electron chi connectivity index (χ4n) is 3.41. The Labute approximate surface area is 118 Å². The fraction of sp³-hybridized carbons (Fsp3) is 0.647. The van der Waals surface area contributed by atoms with Crippen LogP contribution < -0.4 is 5.32 Å². The summed E-state index contributed by atoms with van der Waals surface area (Å²) in [4.78, 5) is 2.67. The molecular weight excluding hydrogens is 232 g/mol. The van der Waals surface area contributed by atoms with Crippen LogP contribution in [-0.4, -0.2) is 30.1 Å². The standard InChI is InChI=1S/C17H28N2/c1-5-11-19(13(3)4)16-12-14-9-7-8-10-15(14)17(16)18-6-2/h7-10,13,16-18H,5-6,11-12H2,1-4H3. The first-order valence-electron chi connectivity index (χ1n) is 7.75. The average molecular weight is 260 g/mol. The van der Waals surface area contributed by atoms with Crippen LogP contribution in [0.25, 0.3) is 0 Å². The molecular formula is C17H28N2. The van der Waals surface area contributed by atoms with Crippen LogP contribution in [0, 0.1) is 0 Å². The summed E-state index contributed by atoms with van der Waals surface area (Å²) in [5, 5.41) is 3.70. The summed E-state index contributed by atoms with van der Waals surface area (Å²) in [7, 11) is 0. The maximum absolute atomic E-state index is 3.70. The molecule has 1 aliphatic rings. The summed E-state index contributed by atoms with van der Waals surface area (Å²) in [6.45, 7) is 11.4. The van der Waals surface area contributed by atoms with Crippen LogP contribution in [0.5, 0.6) is 0 Å². The van der Waals surface area contributed by atoms with Crippen molar-refractivity contribution in [2.24, 2.45) is 0 Å². The lowest BCUT2D eigenvalue weighted by Crippen LogP contribution is -2.46. The predicted molar refractivity (Wildman–Crippen MR) is 82.5 cm³/mol. The predicted octanol–water partition coefficient (Wildman–Crippen LogP) is 3.38. The van der Waals surface area contributed by atoms with E-state index >= 15 is 0 Å². The van der Waals surface area contributed by atoms with Crippen molar-refractivity contribution in [2.45, 2.75) is 58.7 Å². The van der Waals surface area contributed by atoms with E-state index in [0.29, 0.717) is 18.1 Å². The SMILES string of the molecule is CCCN(C(C)C)C1Cc2ccccc2C1NCC. The zero-order valence-electron chi connectivity index (χ0n) is 12.8. The summed E-state index contributed by atoms with van der Waals surface area (Å²) in [6.07, 6.45) is 2.41. The number of rotatable bonds is 6. The molecule has 0 amide bonds. The lowest BCUT2D eigenvalue weighted by Gasteiger charge is -2.36. The van der Waals surface area contributed by atoms with Crippen LogP contribution in [0.4, 0.5) is 0 Å². The number of nitrogens with zero attached hydrogens (tertiary/aromatic N) is 1. The van der Waals surface area contributed by atoms with Crippen molar-refractivity contribution < 1.29 is 0 Å². The third kappa shape index (κ3) is 3.01. The van der Waals surface area contributed by atoms with E-state index in [-0.39, 0.29) is 0 Å². The quantitative estimate of drug-likeness (QED) is 0.843. The molecule has 1 aliphatic carbocycles. The molecule has 2 nitrogen and oxygen atoms in total. The summed E-state index contributed by atoms with van der Waals surface area (Å²) >= 11 is 0. The first-order valence-corrected chi connectivity index (χ1v) is 7.75. The van der Waals surface area contributed by atoms with Crippen molar-refractivity contribution in [3.63, 3.8) is 0 Å². The zero-order chi connectivity index (χ0) is 13.8. The van der Waals surface area contributed by atoms with Gasteiger partial charge >= 0.3 is 0 Å². The molecule has 2 rings (SSSR count). The van der Waals surface area contributed by atoms with E-state index < -0.39 is 0 Å². The maximum atomic E-state index is 3.70. The lowest BCUT2D eigenvalue weighted by atomic mass is 10.0. The Balaban J connectivity index is 2.26. The van der Waals surface area contributed by atoms with Crippen molar-refractivity contribution in [3.8, 4) is 0 Å². The van der Waals surface area contributed by atoms with Gasteiger partial charge in [0.25, 0.3) is 0 Å². The normalized spacial score (nSPS) is 22.2. The van der Waals surface area contributed by atoms with E-state index in [9.17, 15) is 0 Å². The Hall–Kier alpha value is -0.860. The van der Waals surface area contributed by atoms with E-state index in [1.165, 1.54) is 30.5 Å². The molecule has 2 heteroatoms. The molecule has 2 atom stereocenters. The van der Waals surface area contributed by atoms with Gasteiger partial charge in [-0.2, -0.15) is 0 Å². The van der Waals surface area contributed by atoms with E-state index in [2.05, 4.69) is 62.2 Å². The molecule has 0 heterocycles. The van der Waals surface area contributed by atoms with Gasteiger partial charge < -0.3 is 5.32 Å². The number of hydrogen-bond donors (Lipinski definition) is 1. The molecule has 106 valence electrons. The maximum Gasteiger partial charge on any atom is 0.0484 e. The third-order valence-corrected chi connectivity index (χ3v) is 4.20. The van der Waals surface area contributed by atoms with Crippen LogP contribution in [0.3, 0.4) is 0 Å². The van der Waals surface area contributed by atoms with Crippen LogP contribution in [0.2, 0.25) is 0 Å². The second-order valence-corrected chi connectivity index (χ2v) is 5.84. The Kier molecular flexibility index (Phi) is 5.00. The van der Waals surface area contributed by atoms with Gasteiger partial charge in [-0.3, -0.25) is 4.90 Å². The van der Waals surface area contributed by atoms with Crippen molar-refractivity contribution in [3.05, 3.63) is 35.4 Å². The highest BCUT2D eigenvalue weighted by atomic mass is 15.2. The van der Waals surface area contributed by atoms with Crippen LogP contribution in [0.15, 0.2) is 24.3 Å². The second-order valence-electron chi connectivity index (χ2n) is 5.84. The zero-order valence-corrected chi connectivity index (χ0v) is 12.8. The van der Waals surface area contributed by atoms with Gasteiger partial charge in [0.05, 0.1) is 0 Å². The summed E-state index contributed by atoms with van der Waals surface area (Å²) in [5.74, 6) is 0. The molecule has 0 radical (unpaired) electrons. The van der Waals surface area contributed by atoms with Crippen molar-refractivity contribution in [2.75, 3.05) is 13.1 Å². The highest BCUT2D eigenvalue weighted by molar-refractivity contribution is 5.37. The summed E-state index contributed by atoms with van der Waals surface area (Å²) < 4.78 is 0. The number of benzene rings is 1. The van der Waals surface area contributed by atoms with Crippen molar-refractivity contribution >= 4 is 0 Å². The third-order valence-electron chi connectivity index (χ3n) is 4.20. The Morgan fingerprint density at radius 2 is 2.00 bits per heavy atom. The lowest BCUT2D eigenvalue weighted by molar-refractivity contribution is 0.129. The molecule has 19 heavy (non-hydrogen) atoms. The number of likely N-dealkylation sites (N-methyl/N-ethyl adjacent to an activating group) is 1. The van der Waals surface area contributed by atoms with E-state index in [4.69, 9.17) is 0 Å².